The number of methoxy groups -OCH3 is 1. The lowest BCUT2D eigenvalue weighted by Crippen LogP contribution is -2.33. The van der Waals surface area contributed by atoms with Crippen LogP contribution in [0.1, 0.15) is 28.1 Å². The topological polar surface area (TPSA) is 67.9 Å². The van der Waals surface area contributed by atoms with E-state index in [1.807, 2.05) is 0 Å². The van der Waals surface area contributed by atoms with Crippen molar-refractivity contribution in [2.75, 3.05) is 33.4 Å². The largest absolute Gasteiger partial charge is 0.383 e. The number of hydrogen-bond acceptors (Lipinski definition) is 5. The van der Waals surface area contributed by atoms with Gasteiger partial charge in [0.1, 0.15) is 0 Å². The number of imide groups is 1. The van der Waals surface area contributed by atoms with E-state index < -0.39 is 11.8 Å². The highest BCUT2D eigenvalue weighted by molar-refractivity contribution is 6.20. The maximum absolute atomic E-state index is 11.9. The molecule has 0 aliphatic carbocycles. The zero-order chi connectivity index (χ0) is 13.7. The first-order chi connectivity index (χ1) is 9.25. The minimum Gasteiger partial charge on any atom is -0.383 e. The van der Waals surface area contributed by atoms with Gasteiger partial charge >= 0.3 is 0 Å². The van der Waals surface area contributed by atoms with Gasteiger partial charge in [-0.3, -0.25) is 14.4 Å². The lowest BCUT2D eigenvalue weighted by atomic mass is 10.1. The van der Waals surface area contributed by atoms with Crippen molar-refractivity contribution >= 4 is 11.8 Å². The maximum Gasteiger partial charge on any atom is 0.285 e. The fourth-order valence-electron chi connectivity index (χ4n) is 1.79. The van der Waals surface area contributed by atoms with Gasteiger partial charge in [-0.2, -0.15) is 0 Å². The van der Waals surface area contributed by atoms with Crippen LogP contribution in [-0.4, -0.2) is 50.3 Å². The van der Waals surface area contributed by atoms with E-state index in [1.54, 1.807) is 31.4 Å². The quantitative estimate of drug-likeness (QED) is 0.598. The van der Waals surface area contributed by atoms with Crippen molar-refractivity contribution in [2.45, 2.75) is 7.43 Å². The summed E-state index contributed by atoms with van der Waals surface area (Å²) in [5.41, 5.74) is 0.777. The first kappa shape index (κ1) is 16.3. The molecular weight excluding hydrogens is 260 g/mol. The molecule has 110 valence electrons. The van der Waals surface area contributed by atoms with Crippen LogP contribution >= 0.6 is 0 Å². The molecule has 1 aliphatic heterocycles. The molecule has 6 heteroatoms. The molecule has 6 nitrogen and oxygen atoms in total. The summed E-state index contributed by atoms with van der Waals surface area (Å²) in [6, 6.07) is 6.69. The normalized spacial score (nSPS) is 13.3. The molecule has 0 aromatic heterocycles. The minimum atomic E-state index is -0.405. The van der Waals surface area contributed by atoms with Gasteiger partial charge in [0.05, 0.1) is 24.3 Å². The number of fused-ring (bicyclic) bond motifs is 1. The minimum absolute atomic E-state index is 0. The van der Waals surface area contributed by atoms with Crippen molar-refractivity contribution in [3.63, 3.8) is 0 Å². The van der Waals surface area contributed by atoms with Crippen molar-refractivity contribution in [3.8, 4) is 0 Å². The Balaban J connectivity index is 0.00000200. The molecule has 1 N–H and O–H groups in total. The number of carbonyl (C=O) groups excluding carboxylic acids is 2. The number of nitrogens with one attached hydrogen (secondary N) is 1. The predicted octanol–water partition coefficient (Wildman–Crippen LogP) is 1.09. The summed E-state index contributed by atoms with van der Waals surface area (Å²) in [5.74, 6) is -0.810. The van der Waals surface area contributed by atoms with Crippen LogP contribution in [0.15, 0.2) is 24.3 Å². The van der Waals surface area contributed by atoms with E-state index in [0.29, 0.717) is 30.8 Å². The number of amides is 2. The number of carbonyl (C=O) groups is 2. The standard InChI is InChI=1S/C13H16N2O4.CH4/c1-18-8-6-14-7-9-19-15-12(16)10-4-2-3-5-11(10)13(15)17;/h2-5,14H,6-9H2,1H3;1H4. The second-order valence-corrected chi connectivity index (χ2v) is 4.03. The van der Waals surface area contributed by atoms with E-state index in [2.05, 4.69) is 5.32 Å². The van der Waals surface area contributed by atoms with Crippen LogP contribution < -0.4 is 5.32 Å². The van der Waals surface area contributed by atoms with E-state index in [0.717, 1.165) is 5.06 Å². The molecule has 0 fully saturated rings. The van der Waals surface area contributed by atoms with Gasteiger partial charge in [-0.1, -0.05) is 19.6 Å². The van der Waals surface area contributed by atoms with Gasteiger partial charge in [-0.05, 0) is 12.1 Å². The zero-order valence-electron chi connectivity index (χ0n) is 10.7. The van der Waals surface area contributed by atoms with Gasteiger partial charge in [0.25, 0.3) is 11.8 Å². The van der Waals surface area contributed by atoms with Gasteiger partial charge < -0.3 is 10.1 Å². The maximum atomic E-state index is 11.9. The van der Waals surface area contributed by atoms with Crippen LogP contribution in [0.2, 0.25) is 0 Å². The number of ether oxygens (including phenoxy) is 1. The average Bonchev–Trinajstić information content (AvgIpc) is 2.68. The summed E-state index contributed by atoms with van der Waals surface area (Å²) in [7, 11) is 1.62. The molecule has 0 spiro atoms. The van der Waals surface area contributed by atoms with Crippen molar-refractivity contribution in [2.24, 2.45) is 0 Å². The Labute approximate surface area is 118 Å². The van der Waals surface area contributed by atoms with Crippen LogP contribution in [0, 0.1) is 0 Å². The Morgan fingerprint density at radius 1 is 1.05 bits per heavy atom. The fourth-order valence-corrected chi connectivity index (χ4v) is 1.79. The highest BCUT2D eigenvalue weighted by atomic mass is 16.7. The third-order valence-electron chi connectivity index (χ3n) is 2.74. The van der Waals surface area contributed by atoms with Crippen LogP contribution in [-0.2, 0) is 9.57 Å². The smallest absolute Gasteiger partial charge is 0.285 e. The zero-order valence-corrected chi connectivity index (χ0v) is 10.7. The van der Waals surface area contributed by atoms with Crippen molar-refractivity contribution in [1.29, 1.82) is 0 Å². The van der Waals surface area contributed by atoms with Crippen molar-refractivity contribution in [3.05, 3.63) is 35.4 Å². The third-order valence-corrected chi connectivity index (χ3v) is 2.74. The number of hydroxylamine groups is 2. The molecule has 0 bridgehead atoms. The number of rotatable bonds is 7. The van der Waals surface area contributed by atoms with Gasteiger partial charge in [-0.15, -0.1) is 5.06 Å². The van der Waals surface area contributed by atoms with Crippen LogP contribution in [0.3, 0.4) is 0 Å². The molecule has 1 aromatic carbocycles. The molecule has 1 heterocycles. The Bertz CT molecular complexity index is 441. The molecule has 0 unspecified atom stereocenters. The van der Waals surface area contributed by atoms with Gasteiger partial charge in [-0.25, -0.2) is 0 Å². The summed E-state index contributed by atoms with van der Waals surface area (Å²) in [6.45, 7) is 2.08. The lowest BCUT2D eigenvalue weighted by Gasteiger charge is -2.13. The third kappa shape index (κ3) is 3.41. The molecule has 0 saturated heterocycles. The fraction of sp³-hybridized carbons (Fsp3) is 0.429. The average molecular weight is 280 g/mol. The second-order valence-electron chi connectivity index (χ2n) is 4.03. The molecule has 2 amide bonds. The van der Waals surface area contributed by atoms with E-state index in [-0.39, 0.29) is 14.0 Å². The van der Waals surface area contributed by atoms with E-state index >= 15 is 0 Å². The Morgan fingerprint density at radius 2 is 1.60 bits per heavy atom. The van der Waals surface area contributed by atoms with E-state index in [1.165, 1.54) is 0 Å². The summed E-state index contributed by atoms with van der Waals surface area (Å²) in [4.78, 5) is 29.0. The lowest BCUT2D eigenvalue weighted by molar-refractivity contribution is -0.0898. The number of benzene rings is 1. The Kier molecular flexibility index (Phi) is 6.30. The first-order valence-corrected chi connectivity index (χ1v) is 6.06. The first-order valence-electron chi connectivity index (χ1n) is 6.06. The summed E-state index contributed by atoms with van der Waals surface area (Å²) >= 11 is 0. The number of nitrogens with zero attached hydrogens (tertiary/aromatic N) is 1. The predicted molar refractivity (Wildman–Crippen MR) is 74.4 cm³/mol. The van der Waals surface area contributed by atoms with Gasteiger partial charge in [0.2, 0.25) is 0 Å². The second kappa shape index (κ2) is 7.74. The number of hydrogen-bond donors (Lipinski definition) is 1. The molecule has 1 aliphatic rings. The summed E-state index contributed by atoms with van der Waals surface area (Å²) in [6.07, 6.45) is 0. The van der Waals surface area contributed by atoms with Crippen molar-refractivity contribution < 1.29 is 19.2 Å². The highest BCUT2D eigenvalue weighted by Gasteiger charge is 2.36. The molecule has 0 saturated carbocycles. The van der Waals surface area contributed by atoms with Crippen molar-refractivity contribution in [1.82, 2.24) is 10.4 Å². The Morgan fingerprint density at radius 3 is 2.15 bits per heavy atom. The SMILES string of the molecule is C.COCCNCCON1C(=O)c2ccccc2C1=O. The Hall–Kier alpha value is -1.76. The molecule has 1 aromatic rings. The monoisotopic (exact) mass is 280 g/mol. The molecular formula is C14H20N2O4. The summed E-state index contributed by atoms with van der Waals surface area (Å²) in [5, 5.41) is 3.88. The molecule has 0 radical (unpaired) electrons. The highest BCUT2D eigenvalue weighted by Crippen LogP contribution is 2.22. The molecule has 2 rings (SSSR count). The van der Waals surface area contributed by atoms with E-state index in [9.17, 15) is 9.59 Å². The van der Waals surface area contributed by atoms with E-state index in [4.69, 9.17) is 9.57 Å². The van der Waals surface area contributed by atoms with Gasteiger partial charge in [0.15, 0.2) is 0 Å². The summed E-state index contributed by atoms with van der Waals surface area (Å²) < 4.78 is 4.88. The van der Waals surface area contributed by atoms with Crippen LogP contribution in [0.4, 0.5) is 0 Å². The van der Waals surface area contributed by atoms with Crippen LogP contribution in [0.25, 0.3) is 0 Å². The van der Waals surface area contributed by atoms with Gasteiger partial charge in [0, 0.05) is 20.2 Å². The molecule has 0 atom stereocenters. The molecule has 20 heavy (non-hydrogen) atoms. The van der Waals surface area contributed by atoms with Crippen LogP contribution in [0.5, 0.6) is 0 Å².